The predicted octanol–water partition coefficient (Wildman–Crippen LogP) is 2.77. The summed E-state index contributed by atoms with van der Waals surface area (Å²) in [5.41, 5.74) is 1.27. The average molecular weight is 282 g/mol. The third-order valence-electron chi connectivity index (χ3n) is 2.34. The molecule has 2 aromatic rings. The van der Waals surface area contributed by atoms with Crippen molar-refractivity contribution in [1.82, 2.24) is 10.3 Å². The molecule has 0 radical (unpaired) electrons. The summed E-state index contributed by atoms with van der Waals surface area (Å²) in [4.78, 5) is 16.9. The number of carbonyl (C=O) groups is 1. The molecule has 0 atom stereocenters. The predicted molar refractivity (Wildman–Crippen MR) is 74.3 cm³/mol. The molecule has 0 fully saturated rings. The first-order valence-electron chi connectivity index (χ1n) is 5.35. The SMILES string of the molecule is CNc1ccc(C(=O)NCc2ccc(Cl)s2)nc1. The van der Waals surface area contributed by atoms with Gasteiger partial charge in [-0.2, -0.15) is 0 Å². The molecule has 0 aromatic carbocycles. The second-order valence-corrected chi connectivity index (χ2v) is 5.37. The Kier molecular flexibility index (Phi) is 4.17. The van der Waals surface area contributed by atoms with Gasteiger partial charge in [-0.25, -0.2) is 4.98 Å². The fraction of sp³-hybridized carbons (Fsp3) is 0.167. The van der Waals surface area contributed by atoms with Gasteiger partial charge in [-0.15, -0.1) is 11.3 Å². The molecular weight excluding hydrogens is 270 g/mol. The molecule has 0 spiro atoms. The second-order valence-electron chi connectivity index (χ2n) is 3.57. The number of hydrogen-bond donors (Lipinski definition) is 2. The number of nitrogens with zero attached hydrogens (tertiary/aromatic N) is 1. The van der Waals surface area contributed by atoms with E-state index in [1.807, 2.05) is 18.2 Å². The highest BCUT2D eigenvalue weighted by Crippen LogP contribution is 2.21. The van der Waals surface area contributed by atoms with Crippen molar-refractivity contribution in [1.29, 1.82) is 0 Å². The summed E-state index contributed by atoms with van der Waals surface area (Å²) in [6, 6.07) is 7.20. The van der Waals surface area contributed by atoms with E-state index in [1.165, 1.54) is 11.3 Å². The van der Waals surface area contributed by atoms with Gasteiger partial charge in [0, 0.05) is 11.9 Å². The maximum atomic E-state index is 11.8. The Hall–Kier alpha value is -1.59. The molecule has 0 bridgehead atoms. The number of hydrogen-bond acceptors (Lipinski definition) is 4. The number of rotatable bonds is 4. The van der Waals surface area contributed by atoms with E-state index < -0.39 is 0 Å². The van der Waals surface area contributed by atoms with Crippen LogP contribution in [0.15, 0.2) is 30.5 Å². The van der Waals surface area contributed by atoms with E-state index in [9.17, 15) is 4.79 Å². The minimum Gasteiger partial charge on any atom is -0.387 e. The summed E-state index contributed by atoms with van der Waals surface area (Å²) in [6.07, 6.45) is 1.62. The highest BCUT2D eigenvalue weighted by molar-refractivity contribution is 7.16. The summed E-state index contributed by atoms with van der Waals surface area (Å²) in [5.74, 6) is -0.192. The molecule has 1 amide bonds. The van der Waals surface area contributed by atoms with Gasteiger partial charge in [-0.3, -0.25) is 4.79 Å². The normalized spacial score (nSPS) is 10.1. The number of aromatic nitrogens is 1. The molecule has 0 aliphatic carbocycles. The number of pyridine rings is 1. The lowest BCUT2D eigenvalue weighted by Crippen LogP contribution is -2.23. The number of nitrogens with one attached hydrogen (secondary N) is 2. The smallest absolute Gasteiger partial charge is 0.270 e. The summed E-state index contributed by atoms with van der Waals surface area (Å²) in [5, 5.41) is 5.74. The van der Waals surface area contributed by atoms with Crippen molar-refractivity contribution in [2.24, 2.45) is 0 Å². The lowest BCUT2D eigenvalue weighted by atomic mass is 10.3. The Morgan fingerprint density at radius 2 is 2.22 bits per heavy atom. The van der Waals surface area contributed by atoms with Crippen LogP contribution in [0, 0.1) is 0 Å². The van der Waals surface area contributed by atoms with Crippen LogP contribution in [0.5, 0.6) is 0 Å². The Morgan fingerprint density at radius 1 is 1.39 bits per heavy atom. The first-order valence-corrected chi connectivity index (χ1v) is 6.54. The largest absolute Gasteiger partial charge is 0.387 e. The first-order chi connectivity index (χ1) is 8.69. The van der Waals surface area contributed by atoms with Crippen LogP contribution in [0.4, 0.5) is 5.69 Å². The Balaban J connectivity index is 1.94. The van der Waals surface area contributed by atoms with Crippen molar-refractivity contribution in [3.8, 4) is 0 Å². The number of thiophene rings is 1. The number of halogens is 1. The summed E-state index contributed by atoms with van der Waals surface area (Å²) in [7, 11) is 1.80. The van der Waals surface area contributed by atoms with Crippen LogP contribution < -0.4 is 10.6 Å². The lowest BCUT2D eigenvalue weighted by Gasteiger charge is -2.04. The molecule has 0 saturated carbocycles. The zero-order valence-electron chi connectivity index (χ0n) is 9.74. The van der Waals surface area contributed by atoms with Crippen LogP contribution in [0.1, 0.15) is 15.4 Å². The Morgan fingerprint density at radius 3 is 2.78 bits per heavy atom. The fourth-order valence-corrected chi connectivity index (χ4v) is 2.41. The van der Waals surface area contributed by atoms with Gasteiger partial charge in [0.15, 0.2) is 0 Å². The molecule has 0 unspecified atom stereocenters. The lowest BCUT2D eigenvalue weighted by molar-refractivity contribution is 0.0946. The summed E-state index contributed by atoms with van der Waals surface area (Å²) in [6.45, 7) is 0.464. The van der Waals surface area contributed by atoms with Crippen molar-refractivity contribution >= 4 is 34.5 Å². The van der Waals surface area contributed by atoms with Crippen LogP contribution in [0.25, 0.3) is 0 Å². The number of anilines is 1. The van der Waals surface area contributed by atoms with Crippen molar-refractivity contribution in [3.05, 3.63) is 45.4 Å². The quantitative estimate of drug-likeness (QED) is 0.906. The Labute approximate surface area is 114 Å². The highest BCUT2D eigenvalue weighted by atomic mass is 35.5. The molecule has 2 N–H and O–H groups in total. The number of carbonyl (C=O) groups excluding carboxylic acids is 1. The van der Waals surface area contributed by atoms with Gasteiger partial charge in [0.1, 0.15) is 5.69 Å². The van der Waals surface area contributed by atoms with Crippen molar-refractivity contribution < 1.29 is 4.79 Å². The van der Waals surface area contributed by atoms with Crippen molar-refractivity contribution in [2.75, 3.05) is 12.4 Å². The van der Waals surface area contributed by atoms with Crippen LogP contribution >= 0.6 is 22.9 Å². The van der Waals surface area contributed by atoms with E-state index in [4.69, 9.17) is 11.6 Å². The molecule has 0 aliphatic heterocycles. The minimum atomic E-state index is -0.192. The van der Waals surface area contributed by atoms with E-state index >= 15 is 0 Å². The molecule has 4 nitrogen and oxygen atoms in total. The standard InChI is InChI=1S/C12H12ClN3OS/c1-14-8-2-4-10(15-6-8)12(17)16-7-9-3-5-11(13)18-9/h2-6,14H,7H2,1H3,(H,16,17). The zero-order valence-corrected chi connectivity index (χ0v) is 11.3. The van der Waals surface area contributed by atoms with E-state index in [0.29, 0.717) is 12.2 Å². The topological polar surface area (TPSA) is 54.0 Å². The molecule has 0 saturated heterocycles. The molecule has 2 heterocycles. The maximum Gasteiger partial charge on any atom is 0.270 e. The van der Waals surface area contributed by atoms with Crippen LogP contribution in [-0.2, 0) is 6.54 Å². The molecule has 2 aromatic heterocycles. The van der Waals surface area contributed by atoms with Crippen molar-refractivity contribution in [2.45, 2.75) is 6.54 Å². The van der Waals surface area contributed by atoms with E-state index in [2.05, 4.69) is 15.6 Å². The molecule has 2 rings (SSSR count). The monoisotopic (exact) mass is 281 g/mol. The van der Waals surface area contributed by atoms with Crippen LogP contribution in [0.2, 0.25) is 4.34 Å². The molecule has 0 aliphatic rings. The summed E-state index contributed by atoms with van der Waals surface area (Å²) < 4.78 is 0.718. The minimum absolute atomic E-state index is 0.192. The molecule has 18 heavy (non-hydrogen) atoms. The van der Waals surface area contributed by atoms with Gasteiger partial charge in [0.2, 0.25) is 0 Å². The van der Waals surface area contributed by atoms with Crippen LogP contribution in [-0.4, -0.2) is 17.9 Å². The van der Waals surface area contributed by atoms with Gasteiger partial charge < -0.3 is 10.6 Å². The molecular formula is C12H12ClN3OS. The zero-order chi connectivity index (χ0) is 13.0. The third-order valence-corrected chi connectivity index (χ3v) is 3.57. The summed E-state index contributed by atoms with van der Waals surface area (Å²) >= 11 is 7.26. The van der Waals surface area contributed by atoms with E-state index in [0.717, 1.165) is 14.9 Å². The molecule has 6 heteroatoms. The van der Waals surface area contributed by atoms with Gasteiger partial charge in [-0.05, 0) is 24.3 Å². The number of amides is 1. The van der Waals surface area contributed by atoms with Crippen LogP contribution in [0.3, 0.4) is 0 Å². The maximum absolute atomic E-state index is 11.8. The van der Waals surface area contributed by atoms with Gasteiger partial charge in [0.25, 0.3) is 5.91 Å². The van der Waals surface area contributed by atoms with Crippen molar-refractivity contribution in [3.63, 3.8) is 0 Å². The van der Waals surface area contributed by atoms with Gasteiger partial charge in [0.05, 0.1) is 22.8 Å². The average Bonchev–Trinajstić information content (AvgIpc) is 2.82. The first kappa shape index (κ1) is 12.9. The highest BCUT2D eigenvalue weighted by Gasteiger charge is 2.07. The van der Waals surface area contributed by atoms with Gasteiger partial charge >= 0.3 is 0 Å². The van der Waals surface area contributed by atoms with E-state index in [-0.39, 0.29) is 5.91 Å². The van der Waals surface area contributed by atoms with Gasteiger partial charge in [-0.1, -0.05) is 11.6 Å². The van der Waals surface area contributed by atoms with E-state index in [1.54, 1.807) is 19.3 Å². The fourth-order valence-electron chi connectivity index (χ4n) is 1.38. The Bertz CT molecular complexity index is 539. The second kappa shape index (κ2) is 5.84. The molecule has 94 valence electrons. The third kappa shape index (κ3) is 3.21.